The first kappa shape index (κ1) is 15.0. The number of carbonyl (C=O) groups excluding carboxylic acids is 1. The van der Waals surface area contributed by atoms with Crippen molar-refractivity contribution in [1.82, 2.24) is 5.32 Å². The number of fused-ring (bicyclic) bond motifs is 1. The normalized spacial score (nSPS) is 24.0. The van der Waals surface area contributed by atoms with E-state index in [0.29, 0.717) is 13.0 Å². The topological polar surface area (TPSA) is 38.3 Å². The zero-order valence-corrected chi connectivity index (χ0v) is 13.0. The standard InChI is InChI=1S/C17H25NO2/c1-5-20-15(19)12-17(18-4)11-10-16(2,3)13-8-6-7-9-14(13)17/h6-9,18H,5,10-12H2,1-4H3. The van der Waals surface area contributed by atoms with Crippen molar-refractivity contribution in [3.8, 4) is 0 Å². The molecule has 2 rings (SSSR count). The summed E-state index contributed by atoms with van der Waals surface area (Å²) < 4.78 is 5.16. The van der Waals surface area contributed by atoms with Gasteiger partial charge >= 0.3 is 5.97 Å². The average molecular weight is 275 g/mol. The van der Waals surface area contributed by atoms with Gasteiger partial charge in [-0.15, -0.1) is 0 Å². The molecule has 0 saturated carbocycles. The predicted molar refractivity (Wildman–Crippen MR) is 80.7 cm³/mol. The molecule has 110 valence electrons. The zero-order chi connectivity index (χ0) is 14.8. The Morgan fingerprint density at radius 1 is 1.25 bits per heavy atom. The van der Waals surface area contributed by atoms with Crippen LogP contribution in [0.25, 0.3) is 0 Å². The molecular weight excluding hydrogens is 250 g/mol. The van der Waals surface area contributed by atoms with Crippen LogP contribution in [0.1, 0.15) is 51.2 Å². The maximum Gasteiger partial charge on any atom is 0.308 e. The number of hydrogen-bond donors (Lipinski definition) is 1. The second-order valence-corrected chi connectivity index (χ2v) is 6.24. The van der Waals surface area contributed by atoms with Crippen molar-refractivity contribution >= 4 is 5.97 Å². The van der Waals surface area contributed by atoms with Crippen molar-refractivity contribution in [1.29, 1.82) is 0 Å². The summed E-state index contributed by atoms with van der Waals surface area (Å²) in [7, 11) is 1.94. The average Bonchev–Trinajstić information content (AvgIpc) is 2.43. The van der Waals surface area contributed by atoms with Crippen LogP contribution in [0.3, 0.4) is 0 Å². The fourth-order valence-corrected chi connectivity index (χ4v) is 3.28. The summed E-state index contributed by atoms with van der Waals surface area (Å²) in [5.41, 5.74) is 2.45. The quantitative estimate of drug-likeness (QED) is 0.858. The number of ether oxygens (including phenoxy) is 1. The maximum absolute atomic E-state index is 12.0. The lowest BCUT2D eigenvalue weighted by molar-refractivity contribution is -0.145. The molecular formula is C17H25NO2. The Hall–Kier alpha value is -1.35. The highest BCUT2D eigenvalue weighted by molar-refractivity contribution is 5.72. The molecule has 20 heavy (non-hydrogen) atoms. The van der Waals surface area contributed by atoms with Gasteiger partial charge in [0.2, 0.25) is 0 Å². The van der Waals surface area contributed by atoms with Gasteiger partial charge in [-0.25, -0.2) is 0 Å². The van der Waals surface area contributed by atoms with Gasteiger partial charge in [-0.3, -0.25) is 4.79 Å². The number of carbonyl (C=O) groups is 1. The summed E-state index contributed by atoms with van der Waals surface area (Å²) in [6.45, 7) is 6.83. The van der Waals surface area contributed by atoms with Crippen molar-refractivity contribution < 1.29 is 9.53 Å². The third kappa shape index (κ3) is 2.59. The van der Waals surface area contributed by atoms with Crippen molar-refractivity contribution in [2.75, 3.05) is 13.7 Å². The largest absolute Gasteiger partial charge is 0.466 e. The summed E-state index contributed by atoms with van der Waals surface area (Å²) in [6, 6.07) is 8.46. The minimum Gasteiger partial charge on any atom is -0.466 e. The highest BCUT2D eigenvalue weighted by atomic mass is 16.5. The highest BCUT2D eigenvalue weighted by Gasteiger charge is 2.43. The molecule has 0 aromatic heterocycles. The lowest BCUT2D eigenvalue weighted by Gasteiger charge is -2.45. The van der Waals surface area contributed by atoms with Gasteiger partial charge in [0.1, 0.15) is 0 Å². The minimum absolute atomic E-state index is 0.128. The van der Waals surface area contributed by atoms with Crippen LogP contribution in [0.4, 0.5) is 0 Å². The van der Waals surface area contributed by atoms with Gasteiger partial charge in [-0.1, -0.05) is 38.1 Å². The number of hydrogen-bond acceptors (Lipinski definition) is 3. The van der Waals surface area contributed by atoms with Crippen LogP contribution in [-0.2, 0) is 20.5 Å². The van der Waals surface area contributed by atoms with E-state index in [-0.39, 0.29) is 16.9 Å². The Balaban J connectivity index is 2.42. The van der Waals surface area contributed by atoms with E-state index < -0.39 is 0 Å². The number of nitrogens with one attached hydrogen (secondary N) is 1. The molecule has 3 nitrogen and oxygen atoms in total. The first-order valence-corrected chi connectivity index (χ1v) is 7.40. The van der Waals surface area contributed by atoms with Crippen LogP contribution < -0.4 is 5.32 Å². The van der Waals surface area contributed by atoms with E-state index in [1.807, 2.05) is 14.0 Å². The molecule has 1 aliphatic rings. The van der Waals surface area contributed by atoms with Crippen LogP contribution in [0.15, 0.2) is 24.3 Å². The Morgan fingerprint density at radius 2 is 1.90 bits per heavy atom. The van der Waals surface area contributed by atoms with Gasteiger partial charge in [-0.2, -0.15) is 0 Å². The van der Waals surface area contributed by atoms with E-state index in [4.69, 9.17) is 4.74 Å². The first-order chi connectivity index (χ1) is 9.45. The third-order valence-corrected chi connectivity index (χ3v) is 4.58. The minimum atomic E-state index is -0.293. The smallest absolute Gasteiger partial charge is 0.308 e. The van der Waals surface area contributed by atoms with Crippen molar-refractivity contribution in [2.45, 2.75) is 51.0 Å². The first-order valence-electron chi connectivity index (χ1n) is 7.40. The fraction of sp³-hybridized carbons (Fsp3) is 0.588. The van der Waals surface area contributed by atoms with E-state index in [2.05, 4.69) is 43.4 Å². The molecule has 3 heteroatoms. The second kappa shape index (κ2) is 5.57. The van der Waals surface area contributed by atoms with Crippen LogP contribution in [-0.4, -0.2) is 19.6 Å². The summed E-state index contributed by atoms with van der Waals surface area (Å²) >= 11 is 0. The Kier molecular flexibility index (Phi) is 4.19. The Labute approximate surface area is 121 Å². The Bertz CT molecular complexity index is 496. The molecule has 0 spiro atoms. The molecule has 0 fully saturated rings. The van der Waals surface area contributed by atoms with Gasteiger partial charge in [-0.05, 0) is 43.4 Å². The highest BCUT2D eigenvalue weighted by Crippen LogP contribution is 2.46. The monoisotopic (exact) mass is 275 g/mol. The van der Waals surface area contributed by atoms with Crippen LogP contribution in [0.2, 0.25) is 0 Å². The summed E-state index contributed by atoms with van der Waals surface area (Å²) in [4.78, 5) is 12.0. The fourth-order valence-electron chi connectivity index (χ4n) is 3.28. The van der Waals surface area contributed by atoms with Crippen LogP contribution in [0, 0.1) is 0 Å². The van der Waals surface area contributed by atoms with Crippen molar-refractivity contribution in [2.24, 2.45) is 0 Å². The number of rotatable bonds is 4. The molecule has 0 saturated heterocycles. The molecule has 1 unspecified atom stereocenters. The van der Waals surface area contributed by atoms with Crippen LogP contribution >= 0.6 is 0 Å². The van der Waals surface area contributed by atoms with Gasteiger partial charge in [0.15, 0.2) is 0 Å². The molecule has 1 aromatic carbocycles. The van der Waals surface area contributed by atoms with Gasteiger partial charge < -0.3 is 10.1 Å². The zero-order valence-electron chi connectivity index (χ0n) is 13.0. The maximum atomic E-state index is 12.0. The number of esters is 1. The van der Waals surface area contributed by atoms with E-state index in [9.17, 15) is 4.79 Å². The summed E-state index contributed by atoms with van der Waals surface area (Å²) in [6.07, 6.45) is 2.40. The van der Waals surface area contributed by atoms with E-state index in [1.165, 1.54) is 11.1 Å². The lowest BCUT2D eigenvalue weighted by Crippen LogP contribution is -2.48. The van der Waals surface area contributed by atoms with Crippen LogP contribution in [0.5, 0.6) is 0 Å². The molecule has 0 heterocycles. The third-order valence-electron chi connectivity index (χ3n) is 4.58. The van der Waals surface area contributed by atoms with Crippen molar-refractivity contribution in [3.05, 3.63) is 35.4 Å². The number of benzene rings is 1. The van der Waals surface area contributed by atoms with E-state index in [0.717, 1.165) is 12.8 Å². The molecule has 1 aromatic rings. The molecule has 1 aliphatic carbocycles. The van der Waals surface area contributed by atoms with Gasteiger partial charge in [0.05, 0.1) is 18.6 Å². The van der Waals surface area contributed by atoms with E-state index in [1.54, 1.807) is 0 Å². The SMILES string of the molecule is CCOC(=O)CC1(NC)CCC(C)(C)c2ccccc21. The molecule has 0 radical (unpaired) electrons. The van der Waals surface area contributed by atoms with Gasteiger partial charge in [0.25, 0.3) is 0 Å². The Morgan fingerprint density at radius 3 is 2.50 bits per heavy atom. The second-order valence-electron chi connectivity index (χ2n) is 6.24. The molecule has 1 atom stereocenters. The molecule has 0 aliphatic heterocycles. The summed E-state index contributed by atoms with van der Waals surface area (Å²) in [5.74, 6) is -0.128. The molecule has 0 amide bonds. The van der Waals surface area contributed by atoms with E-state index >= 15 is 0 Å². The summed E-state index contributed by atoms with van der Waals surface area (Å²) in [5, 5.41) is 3.40. The molecule has 1 N–H and O–H groups in total. The predicted octanol–water partition coefficient (Wildman–Crippen LogP) is 3.13. The van der Waals surface area contributed by atoms with Crippen molar-refractivity contribution in [3.63, 3.8) is 0 Å². The lowest BCUT2D eigenvalue weighted by atomic mass is 9.64. The van der Waals surface area contributed by atoms with Gasteiger partial charge in [0, 0.05) is 0 Å². The molecule has 0 bridgehead atoms.